The first kappa shape index (κ1) is 24.3. The second-order valence-corrected chi connectivity index (χ2v) is 7.77. The molecular weight excluding hydrogens is 403 g/mol. The zero-order valence-corrected chi connectivity index (χ0v) is 17.8. The highest BCUT2D eigenvalue weighted by Crippen LogP contribution is 2.19. The second kappa shape index (κ2) is 12.7. The van der Waals surface area contributed by atoms with Crippen LogP contribution in [0.15, 0.2) is 36.4 Å². The normalized spacial score (nSPS) is 21.3. The van der Waals surface area contributed by atoms with Gasteiger partial charge in [-0.05, 0) is 50.6 Å². The number of carbonyl (C=O) groups is 3. The number of halogens is 1. The molecule has 8 nitrogen and oxygen atoms in total. The summed E-state index contributed by atoms with van der Waals surface area (Å²) in [5.74, 6) is -0.202. The third kappa shape index (κ3) is 8.37. The molecule has 0 radical (unpaired) electrons. The van der Waals surface area contributed by atoms with Gasteiger partial charge < -0.3 is 25.5 Å². The molecule has 1 saturated heterocycles. The number of nitrogens with zero attached hydrogens (tertiary/aromatic N) is 2. The minimum absolute atomic E-state index is 0.0178. The number of likely N-dealkylation sites (tertiary alicyclic amines) is 1. The molecule has 3 N–H and O–H groups in total. The molecule has 170 valence electrons. The Labute approximate surface area is 182 Å². The molecule has 2 heterocycles. The van der Waals surface area contributed by atoms with Gasteiger partial charge in [-0.25, -0.2) is 4.39 Å². The number of nitrogens with one attached hydrogen (secondary N) is 2. The largest absolute Gasteiger partial charge is 0.483 e. The SMILES string of the molecule is CN1C[C@@H](NC(=O)CNc2ccc(F)cc2)CC[C@@H](C(=O)N2CC=CCC2)C1.O=CO. The van der Waals surface area contributed by atoms with Crippen molar-refractivity contribution in [1.29, 1.82) is 0 Å². The van der Waals surface area contributed by atoms with E-state index in [-0.39, 0.29) is 42.6 Å². The molecule has 1 aromatic carbocycles. The zero-order valence-electron chi connectivity index (χ0n) is 17.8. The molecule has 1 aromatic rings. The summed E-state index contributed by atoms with van der Waals surface area (Å²) in [6.07, 6.45) is 6.66. The van der Waals surface area contributed by atoms with E-state index in [0.717, 1.165) is 38.9 Å². The number of anilines is 1. The first-order valence-electron chi connectivity index (χ1n) is 10.4. The predicted octanol–water partition coefficient (Wildman–Crippen LogP) is 1.55. The van der Waals surface area contributed by atoms with Crippen LogP contribution in [0.4, 0.5) is 10.1 Å². The molecule has 0 saturated carbocycles. The van der Waals surface area contributed by atoms with Crippen molar-refractivity contribution < 1.29 is 23.9 Å². The molecule has 9 heteroatoms. The number of carbonyl (C=O) groups excluding carboxylic acids is 2. The van der Waals surface area contributed by atoms with Gasteiger partial charge in [-0.15, -0.1) is 0 Å². The summed E-state index contributed by atoms with van der Waals surface area (Å²) in [6.45, 7) is 2.83. The van der Waals surface area contributed by atoms with E-state index in [1.807, 2.05) is 11.9 Å². The number of rotatable bonds is 5. The van der Waals surface area contributed by atoms with E-state index in [2.05, 4.69) is 27.7 Å². The van der Waals surface area contributed by atoms with Crippen LogP contribution < -0.4 is 10.6 Å². The first-order chi connectivity index (χ1) is 14.9. The van der Waals surface area contributed by atoms with Gasteiger partial charge in [0.1, 0.15) is 5.82 Å². The van der Waals surface area contributed by atoms with Gasteiger partial charge in [0.2, 0.25) is 11.8 Å². The maximum atomic E-state index is 12.9. The van der Waals surface area contributed by atoms with E-state index in [1.165, 1.54) is 12.1 Å². The van der Waals surface area contributed by atoms with E-state index < -0.39 is 0 Å². The minimum atomic E-state index is -0.304. The van der Waals surface area contributed by atoms with Crippen molar-refractivity contribution in [2.45, 2.75) is 25.3 Å². The Kier molecular flexibility index (Phi) is 9.96. The van der Waals surface area contributed by atoms with Crippen molar-refractivity contribution in [2.24, 2.45) is 5.92 Å². The van der Waals surface area contributed by atoms with Gasteiger partial charge in [0, 0.05) is 37.9 Å². The Morgan fingerprint density at radius 3 is 2.55 bits per heavy atom. The Balaban J connectivity index is 0.00000107. The van der Waals surface area contributed by atoms with Crippen LogP contribution in [0.1, 0.15) is 19.3 Å². The van der Waals surface area contributed by atoms with Gasteiger partial charge in [-0.2, -0.15) is 0 Å². The lowest BCUT2D eigenvalue weighted by Crippen LogP contribution is -2.44. The van der Waals surface area contributed by atoms with Gasteiger partial charge in [0.25, 0.3) is 6.47 Å². The molecule has 31 heavy (non-hydrogen) atoms. The van der Waals surface area contributed by atoms with Crippen LogP contribution >= 0.6 is 0 Å². The van der Waals surface area contributed by atoms with Crippen molar-refractivity contribution in [2.75, 3.05) is 45.1 Å². The predicted molar refractivity (Wildman–Crippen MR) is 116 cm³/mol. The van der Waals surface area contributed by atoms with Crippen LogP contribution in [0, 0.1) is 11.7 Å². The quantitative estimate of drug-likeness (QED) is 0.480. The maximum absolute atomic E-state index is 12.9. The Morgan fingerprint density at radius 2 is 1.90 bits per heavy atom. The van der Waals surface area contributed by atoms with E-state index in [9.17, 15) is 14.0 Å². The van der Waals surface area contributed by atoms with Crippen molar-refractivity contribution in [1.82, 2.24) is 15.1 Å². The Morgan fingerprint density at radius 1 is 1.19 bits per heavy atom. The third-order valence-corrected chi connectivity index (χ3v) is 5.31. The molecule has 0 spiro atoms. The smallest absolute Gasteiger partial charge is 0.290 e. The summed E-state index contributed by atoms with van der Waals surface area (Å²) in [5.41, 5.74) is 0.704. The van der Waals surface area contributed by atoms with Crippen LogP contribution in [0.25, 0.3) is 0 Å². The number of likely N-dealkylation sites (N-methyl/N-ethyl adjacent to an activating group) is 1. The van der Waals surface area contributed by atoms with Crippen LogP contribution in [-0.4, -0.2) is 79.0 Å². The topological polar surface area (TPSA) is 102 Å². The summed E-state index contributed by atoms with van der Waals surface area (Å²) in [6, 6.07) is 5.94. The zero-order chi connectivity index (χ0) is 22.6. The fraction of sp³-hybridized carbons (Fsp3) is 0.500. The summed E-state index contributed by atoms with van der Waals surface area (Å²) < 4.78 is 12.9. The molecule has 3 rings (SSSR count). The summed E-state index contributed by atoms with van der Waals surface area (Å²) in [7, 11) is 2.00. The van der Waals surface area contributed by atoms with Crippen molar-refractivity contribution in [3.8, 4) is 0 Å². The van der Waals surface area contributed by atoms with Gasteiger partial charge in [-0.1, -0.05) is 12.2 Å². The van der Waals surface area contributed by atoms with Crippen LogP contribution in [0.5, 0.6) is 0 Å². The minimum Gasteiger partial charge on any atom is -0.483 e. The average Bonchev–Trinajstić information content (AvgIpc) is 2.95. The lowest BCUT2D eigenvalue weighted by molar-refractivity contribution is -0.135. The fourth-order valence-electron chi connectivity index (χ4n) is 3.86. The van der Waals surface area contributed by atoms with E-state index in [1.54, 1.807) is 12.1 Å². The summed E-state index contributed by atoms with van der Waals surface area (Å²) >= 11 is 0. The van der Waals surface area contributed by atoms with Gasteiger partial charge >= 0.3 is 0 Å². The number of hydrogen-bond acceptors (Lipinski definition) is 5. The molecule has 0 bridgehead atoms. The highest BCUT2D eigenvalue weighted by atomic mass is 19.1. The number of hydrogen-bond donors (Lipinski definition) is 3. The molecule has 0 unspecified atom stereocenters. The Hall–Kier alpha value is -2.94. The molecule has 0 aromatic heterocycles. The van der Waals surface area contributed by atoms with Crippen LogP contribution in [0.3, 0.4) is 0 Å². The Bertz CT molecular complexity index is 756. The van der Waals surface area contributed by atoms with Crippen molar-refractivity contribution in [3.63, 3.8) is 0 Å². The highest BCUT2D eigenvalue weighted by Gasteiger charge is 2.30. The van der Waals surface area contributed by atoms with Gasteiger partial charge in [-0.3, -0.25) is 14.4 Å². The molecule has 2 amide bonds. The molecule has 2 aliphatic heterocycles. The third-order valence-electron chi connectivity index (χ3n) is 5.31. The number of carboxylic acid groups (broad SMARTS) is 1. The summed E-state index contributed by atoms with van der Waals surface area (Å²) in [4.78, 5) is 37.5. The molecule has 0 aliphatic carbocycles. The molecule has 1 fully saturated rings. The maximum Gasteiger partial charge on any atom is 0.290 e. The van der Waals surface area contributed by atoms with Crippen molar-refractivity contribution in [3.05, 3.63) is 42.2 Å². The van der Waals surface area contributed by atoms with Crippen LogP contribution in [-0.2, 0) is 14.4 Å². The van der Waals surface area contributed by atoms with E-state index >= 15 is 0 Å². The van der Waals surface area contributed by atoms with Gasteiger partial charge in [0.15, 0.2) is 0 Å². The molecular formula is C22H31FN4O4. The lowest BCUT2D eigenvalue weighted by atomic mass is 9.99. The monoisotopic (exact) mass is 434 g/mol. The highest BCUT2D eigenvalue weighted by molar-refractivity contribution is 5.81. The summed E-state index contributed by atoms with van der Waals surface area (Å²) in [5, 5.41) is 12.9. The van der Waals surface area contributed by atoms with E-state index in [0.29, 0.717) is 12.2 Å². The van der Waals surface area contributed by atoms with Crippen molar-refractivity contribution >= 4 is 24.0 Å². The molecule has 2 atom stereocenters. The van der Waals surface area contributed by atoms with Crippen LogP contribution in [0.2, 0.25) is 0 Å². The lowest BCUT2D eigenvalue weighted by Gasteiger charge is -2.28. The van der Waals surface area contributed by atoms with Gasteiger partial charge in [0.05, 0.1) is 12.5 Å². The standard InChI is InChI=1S/C21H29FN4O2.CH2O2/c1-25-14-16(21(28)26-11-3-2-4-12-26)5-8-19(15-25)24-20(27)13-23-18-9-6-17(22)7-10-18;2-1-3/h2-3,6-7,9-10,16,19,23H,4-5,8,11-15H2,1H3,(H,24,27);1H,(H,2,3)/t16-,19+;/m1./s1. The molecule has 2 aliphatic rings. The van der Waals surface area contributed by atoms with E-state index in [4.69, 9.17) is 9.90 Å². The number of benzene rings is 1. The first-order valence-corrected chi connectivity index (χ1v) is 10.4. The second-order valence-electron chi connectivity index (χ2n) is 7.77. The number of amides is 2. The average molecular weight is 435 g/mol. The fourth-order valence-corrected chi connectivity index (χ4v) is 3.86.